The molecule has 1 atom stereocenters. The Bertz CT molecular complexity index is 1160. The molecule has 7 heteroatoms. The van der Waals surface area contributed by atoms with E-state index >= 15 is 0 Å². The zero-order chi connectivity index (χ0) is 19.6. The summed E-state index contributed by atoms with van der Waals surface area (Å²) in [5.41, 5.74) is 4.37. The highest BCUT2D eigenvalue weighted by molar-refractivity contribution is 7.90. The molecule has 0 spiro atoms. The van der Waals surface area contributed by atoms with Gasteiger partial charge in [0.2, 0.25) is 10.0 Å². The summed E-state index contributed by atoms with van der Waals surface area (Å²) >= 11 is 0. The number of aromatic nitrogens is 2. The van der Waals surface area contributed by atoms with Crippen LogP contribution in [0.5, 0.6) is 0 Å². The molecule has 3 aromatic rings. The third-order valence-electron chi connectivity index (χ3n) is 4.90. The number of aliphatic hydroxyl groups excluding tert-OH is 1. The lowest BCUT2D eigenvalue weighted by atomic mass is 9.98. The van der Waals surface area contributed by atoms with Gasteiger partial charge in [-0.1, -0.05) is 36.4 Å². The molecule has 28 heavy (non-hydrogen) atoms. The maximum absolute atomic E-state index is 12.7. The third kappa shape index (κ3) is 3.77. The van der Waals surface area contributed by atoms with Gasteiger partial charge in [-0.15, -0.1) is 0 Å². The number of nitrogens with one attached hydrogen (secondary N) is 2. The number of aliphatic hydroxyl groups is 1. The van der Waals surface area contributed by atoms with Crippen LogP contribution in [0.25, 0.3) is 16.6 Å². The maximum atomic E-state index is 12.7. The van der Waals surface area contributed by atoms with Gasteiger partial charge in [0.15, 0.2) is 0 Å². The van der Waals surface area contributed by atoms with E-state index in [9.17, 15) is 13.5 Å². The van der Waals surface area contributed by atoms with E-state index in [1.807, 2.05) is 48.6 Å². The van der Waals surface area contributed by atoms with Gasteiger partial charge >= 0.3 is 0 Å². The number of hydrogen-bond donors (Lipinski definition) is 3. The Hall–Kier alpha value is -2.74. The lowest BCUT2D eigenvalue weighted by molar-refractivity contribution is 0.282. The van der Waals surface area contributed by atoms with Gasteiger partial charge in [-0.3, -0.25) is 0 Å². The first-order chi connectivity index (χ1) is 13.6. The SMILES string of the molecule is O=S(=O)(NCc1c[nH]c2ncccc12)C1C=CC(c2cccc(CO)c2)=CC1. The van der Waals surface area contributed by atoms with Gasteiger partial charge in [0.05, 0.1) is 11.9 Å². The molecule has 0 fully saturated rings. The van der Waals surface area contributed by atoms with Crippen LogP contribution in [-0.4, -0.2) is 28.7 Å². The van der Waals surface area contributed by atoms with E-state index in [4.69, 9.17) is 0 Å². The number of hydrogen-bond acceptors (Lipinski definition) is 4. The molecule has 0 saturated heterocycles. The number of aromatic amines is 1. The van der Waals surface area contributed by atoms with Crippen LogP contribution in [0, 0.1) is 0 Å². The molecule has 1 unspecified atom stereocenters. The van der Waals surface area contributed by atoms with Crippen molar-refractivity contribution < 1.29 is 13.5 Å². The minimum atomic E-state index is -3.50. The Kier molecular flexibility index (Phi) is 5.13. The molecule has 0 aliphatic heterocycles. The number of allylic oxidation sites excluding steroid dienone is 3. The largest absolute Gasteiger partial charge is 0.392 e. The van der Waals surface area contributed by atoms with Gasteiger partial charge in [-0.25, -0.2) is 18.1 Å². The van der Waals surface area contributed by atoms with Gasteiger partial charge in [0.1, 0.15) is 5.65 Å². The molecule has 1 aromatic carbocycles. The summed E-state index contributed by atoms with van der Waals surface area (Å²) in [5, 5.41) is 9.58. The van der Waals surface area contributed by atoms with Gasteiger partial charge in [0.25, 0.3) is 0 Å². The molecule has 0 saturated carbocycles. The second kappa shape index (κ2) is 7.71. The highest BCUT2D eigenvalue weighted by Gasteiger charge is 2.24. The van der Waals surface area contributed by atoms with Gasteiger partial charge in [0, 0.05) is 24.3 Å². The van der Waals surface area contributed by atoms with Crippen LogP contribution in [0.1, 0.15) is 23.1 Å². The Morgan fingerprint density at radius 2 is 2.14 bits per heavy atom. The van der Waals surface area contributed by atoms with Crippen molar-refractivity contribution in [2.75, 3.05) is 0 Å². The summed E-state index contributed by atoms with van der Waals surface area (Å²) in [5.74, 6) is 0. The lowest BCUT2D eigenvalue weighted by Gasteiger charge is -2.18. The number of fused-ring (bicyclic) bond motifs is 1. The number of benzene rings is 1. The maximum Gasteiger partial charge on any atom is 0.218 e. The van der Waals surface area contributed by atoms with Crippen molar-refractivity contribution in [3.63, 3.8) is 0 Å². The molecule has 4 rings (SSSR count). The topological polar surface area (TPSA) is 95.1 Å². The van der Waals surface area contributed by atoms with E-state index in [1.54, 1.807) is 18.5 Å². The van der Waals surface area contributed by atoms with Crippen molar-refractivity contribution >= 4 is 26.6 Å². The molecule has 2 heterocycles. The summed E-state index contributed by atoms with van der Waals surface area (Å²) in [6, 6.07) is 11.3. The summed E-state index contributed by atoms with van der Waals surface area (Å²) in [7, 11) is -3.50. The molecule has 2 aromatic heterocycles. The van der Waals surface area contributed by atoms with E-state index in [2.05, 4.69) is 14.7 Å². The first-order valence-corrected chi connectivity index (χ1v) is 10.6. The van der Waals surface area contributed by atoms with Crippen molar-refractivity contribution in [2.24, 2.45) is 0 Å². The van der Waals surface area contributed by atoms with E-state index in [0.717, 1.165) is 33.3 Å². The minimum absolute atomic E-state index is 0.0187. The highest BCUT2D eigenvalue weighted by atomic mass is 32.2. The highest BCUT2D eigenvalue weighted by Crippen LogP contribution is 2.25. The summed E-state index contributed by atoms with van der Waals surface area (Å²) < 4.78 is 28.1. The van der Waals surface area contributed by atoms with Crippen LogP contribution in [0.3, 0.4) is 0 Å². The fourth-order valence-corrected chi connectivity index (χ4v) is 4.54. The first kappa shape index (κ1) is 18.6. The zero-order valence-corrected chi connectivity index (χ0v) is 16.0. The fraction of sp³-hybridized carbons (Fsp3) is 0.190. The molecule has 0 amide bonds. The average molecular weight is 395 g/mol. The standard InChI is InChI=1S/C21H21N3O3S/c25-14-15-3-1-4-17(11-15)16-6-8-19(9-7-16)28(26,27)24-13-18-12-23-21-20(18)5-2-10-22-21/h1-8,10-12,19,24-25H,9,13-14H2,(H,22,23). The van der Waals surface area contributed by atoms with Gasteiger partial charge in [-0.05, 0) is 46.9 Å². The number of rotatable bonds is 6. The van der Waals surface area contributed by atoms with Crippen molar-refractivity contribution in [1.82, 2.24) is 14.7 Å². The van der Waals surface area contributed by atoms with Crippen LogP contribution in [0.2, 0.25) is 0 Å². The molecular formula is C21H21N3O3S. The van der Waals surface area contributed by atoms with Crippen molar-refractivity contribution in [3.8, 4) is 0 Å². The normalized spacial score (nSPS) is 17.0. The van der Waals surface area contributed by atoms with E-state index in [-0.39, 0.29) is 13.2 Å². The number of H-pyrrole nitrogens is 1. The Morgan fingerprint density at radius 1 is 1.25 bits per heavy atom. The molecule has 3 N–H and O–H groups in total. The molecule has 0 radical (unpaired) electrons. The number of sulfonamides is 1. The first-order valence-electron chi connectivity index (χ1n) is 9.05. The molecule has 1 aliphatic carbocycles. The Labute approximate surface area is 163 Å². The quantitative estimate of drug-likeness (QED) is 0.598. The van der Waals surface area contributed by atoms with Crippen LogP contribution in [-0.2, 0) is 23.2 Å². The van der Waals surface area contributed by atoms with Crippen molar-refractivity contribution in [1.29, 1.82) is 0 Å². The third-order valence-corrected chi connectivity index (χ3v) is 6.60. The predicted octanol–water partition coefficient (Wildman–Crippen LogP) is 2.89. The molecule has 144 valence electrons. The van der Waals surface area contributed by atoms with E-state index in [0.29, 0.717) is 6.42 Å². The van der Waals surface area contributed by atoms with E-state index < -0.39 is 15.3 Å². The minimum Gasteiger partial charge on any atom is -0.392 e. The van der Waals surface area contributed by atoms with Crippen LogP contribution >= 0.6 is 0 Å². The summed E-state index contributed by atoms with van der Waals surface area (Å²) in [4.78, 5) is 7.27. The average Bonchev–Trinajstić information content (AvgIpc) is 3.16. The summed E-state index contributed by atoms with van der Waals surface area (Å²) in [6.07, 6.45) is 9.36. The fourth-order valence-electron chi connectivity index (χ4n) is 3.34. The number of pyridine rings is 1. The predicted molar refractivity (Wildman–Crippen MR) is 110 cm³/mol. The van der Waals surface area contributed by atoms with Crippen LogP contribution in [0.15, 0.2) is 67.0 Å². The summed E-state index contributed by atoms with van der Waals surface area (Å²) in [6.45, 7) is 0.197. The van der Waals surface area contributed by atoms with Crippen LogP contribution in [0.4, 0.5) is 0 Å². The number of nitrogens with zero attached hydrogens (tertiary/aromatic N) is 1. The smallest absolute Gasteiger partial charge is 0.218 e. The van der Waals surface area contributed by atoms with Crippen molar-refractivity contribution in [2.45, 2.75) is 24.8 Å². The zero-order valence-electron chi connectivity index (χ0n) is 15.2. The molecule has 6 nitrogen and oxygen atoms in total. The van der Waals surface area contributed by atoms with E-state index in [1.165, 1.54) is 0 Å². The lowest BCUT2D eigenvalue weighted by Crippen LogP contribution is -2.33. The molecule has 1 aliphatic rings. The Balaban J connectivity index is 1.44. The second-order valence-corrected chi connectivity index (χ2v) is 8.72. The van der Waals surface area contributed by atoms with Crippen molar-refractivity contribution in [3.05, 3.63) is 83.7 Å². The van der Waals surface area contributed by atoms with Crippen LogP contribution < -0.4 is 4.72 Å². The van der Waals surface area contributed by atoms with Gasteiger partial charge < -0.3 is 10.1 Å². The monoisotopic (exact) mass is 395 g/mol. The molecule has 0 bridgehead atoms. The molecular weight excluding hydrogens is 374 g/mol. The second-order valence-electron chi connectivity index (χ2n) is 6.73. The van der Waals surface area contributed by atoms with Gasteiger partial charge in [-0.2, -0.15) is 0 Å². The Morgan fingerprint density at radius 3 is 2.93 bits per heavy atom.